The normalized spacial score (nSPS) is 10.3. The number of aromatic nitrogens is 2. The van der Waals surface area contributed by atoms with Crippen molar-refractivity contribution in [2.45, 2.75) is 6.92 Å². The quantitative estimate of drug-likeness (QED) is 0.688. The average molecular weight is 291 g/mol. The molecule has 21 heavy (non-hydrogen) atoms. The zero-order valence-electron chi connectivity index (χ0n) is 11.8. The molecule has 0 spiro atoms. The van der Waals surface area contributed by atoms with Crippen LogP contribution in [0.4, 0.5) is 27.5 Å². The summed E-state index contributed by atoms with van der Waals surface area (Å²) in [5, 5.41) is 14.0. The van der Waals surface area contributed by atoms with Crippen LogP contribution in [0.5, 0.6) is 0 Å². The molecule has 2 aromatic rings. The summed E-state index contributed by atoms with van der Waals surface area (Å²) < 4.78 is 13.0. The summed E-state index contributed by atoms with van der Waals surface area (Å²) in [6.45, 7) is 1.54. The van der Waals surface area contributed by atoms with E-state index in [0.29, 0.717) is 5.69 Å². The van der Waals surface area contributed by atoms with E-state index in [2.05, 4.69) is 15.3 Å². The molecule has 1 heterocycles. The first-order valence-corrected chi connectivity index (χ1v) is 6.14. The Hall–Kier alpha value is -2.77. The molecule has 0 fully saturated rings. The van der Waals surface area contributed by atoms with E-state index >= 15 is 0 Å². The fourth-order valence-corrected chi connectivity index (χ4v) is 1.90. The minimum absolute atomic E-state index is 0.142. The van der Waals surface area contributed by atoms with Crippen LogP contribution in [0.3, 0.4) is 0 Å². The Morgan fingerprint density at radius 2 is 1.90 bits per heavy atom. The summed E-state index contributed by atoms with van der Waals surface area (Å²) in [4.78, 5) is 20.4. The molecule has 0 bridgehead atoms. The summed E-state index contributed by atoms with van der Waals surface area (Å²) in [5.74, 6) is 0.0435. The van der Waals surface area contributed by atoms with Gasteiger partial charge < -0.3 is 10.2 Å². The lowest BCUT2D eigenvalue weighted by Crippen LogP contribution is -2.16. The number of hydrogen-bond acceptors (Lipinski definition) is 6. The maximum atomic E-state index is 13.0. The van der Waals surface area contributed by atoms with Crippen molar-refractivity contribution < 1.29 is 9.31 Å². The van der Waals surface area contributed by atoms with Gasteiger partial charge in [0.05, 0.1) is 4.92 Å². The van der Waals surface area contributed by atoms with Crippen molar-refractivity contribution in [2.24, 2.45) is 0 Å². The van der Waals surface area contributed by atoms with Crippen LogP contribution in [0.15, 0.2) is 24.3 Å². The van der Waals surface area contributed by atoms with E-state index in [1.54, 1.807) is 21.0 Å². The average Bonchev–Trinajstić information content (AvgIpc) is 2.45. The Bertz CT molecular complexity index is 675. The molecular weight excluding hydrogens is 277 g/mol. The molecule has 110 valence electrons. The Morgan fingerprint density at radius 3 is 2.43 bits per heavy atom. The third kappa shape index (κ3) is 2.88. The van der Waals surface area contributed by atoms with Crippen molar-refractivity contribution >= 4 is 23.1 Å². The highest BCUT2D eigenvalue weighted by Gasteiger charge is 2.25. The molecular formula is C13H14FN5O2. The van der Waals surface area contributed by atoms with E-state index in [1.165, 1.54) is 29.2 Å². The van der Waals surface area contributed by atoms with Crippen molar-refractivity contribution in [1.82, 2.24) is 9.97 Å². The molecule has 0 unspecified atom stereocenters. The summed E-state index contributed by atoms with van der Waals surface area (Å²) in [6.07, 6.45) is 0. The van der Waals surface area contributed by atoms with Gasteiger partial charge in [0.2, 0.25) is 11.8 Å². The third-order valence-corrected chi connectivity index (χ3v) is 2.98. The zero-order chi connectivity index (χ0) is 15.6. The molecule has 8 heteroatoms. The molecule has 0 saturated carbocycles. The predicted octanol–water partition coefficient (Wildman–Crippen LogP) is 2.64. The minimum atomic E-state index is -0.524. The molecule has 0 aliphatic rings. The van der Waals surface area contributed by atoms with Crippen LogP contribution < -0.4 is 10.2 Å². The molecule has 0 saturated heterocycles. The smallest absolute Gasteiger partial charge is 0.333 e. The molecule has 1 aromatic heterocycles. The number of aryl methyl sites for hydroxylation is 1. The van der Waals surface area contributed by atoms with Gasteiger partial charge in [-0.2, -0.15) is 4.98 Å². The highest BCUT2D eigenvalue weighted by molar-refractivity contribution is 5.70. The Labute approximate surface area is 120 Å². The van der Waals surface area contributed by atoms with Gasteiger partial charge >= 0.3 is 5.69 Å². The van der Waals surface area contributed by atoms with Crippen LogP contribution in [-0.4, -0.2) is 29.0 Å². The van der Waals surface area contributed by atoms with Crippen LogP contribution in [0.25, 0.3) is 0 Å². The van der Waals surface area contributed by atoms with E-state index in [9.17, 15) is 14.5 Å². The number of nitrogens with one attached hydrogen (secondary N) is 1. The minimum Gasteiger partial charge on any atom is -0.357 e. The predicted molar refractivity (Wildman–Crippen MR) is 77.4 cm³/mol. The van der Waals surface area contributed by atoms with Crippen molar-refractivity contribution in [1.29, 1.82) is 0 Å². The second-order valence-corrected chi connectivity index (χ2v) is 4.35. The highest BCUT2D eigenvalue weighted by Crippen LogP contribution is 2.33. The molecule has 2 rings (SSSR count). The van der Waals surface area contributed by atoms with Crippen LogP contribution >= 0.6 is 0 Å². The Morgan fingerprint density at radius 1 is 1.29 bits per heavy atom. The van der Waals surface area contributed by atoms with Crippen LogP contribution in [0, 0.1) is 22.9 Å². The van der Waals surface area contributed by atoms with Gasteiger partial charge in [-0.15, -0.1) is 0 Å². The summed E-state index contributed by atoms with van der Waals surface area (Å²) in [7, 11) is 3.25. The van der Waals surface area contributed by atoms with Gasteiger partial charge in [-0.05, 0) is 31.2 Å². The van der Waals surface area contributed by atoms with Gasteiger partial charge in [0.25, 0.3) is 0 Å². The first kappa shape index (κ1) is 14.6. The number of nitrogens with zero attached hydrogens (tertiary/aromatic N) is 4. The van der Waals surface area contributed by atoms with Gasteiger partial charge in [-0.25, -0.2) is 9.37 Å². The van der Waals surface area contributed by atoms with Crippen LogP contribution in [-0.2, 0) is 0 Å². The largest absolute Gasteiger partial charge is 0.357 e. The number of hydrogen-bond donors (Lipinski definition) is 1. The van der Waals surface area contributed by atoms with Crippen molar-refractivity contribution in [3.63, 3.8) is 0 Å². The Kier molecular flexibility index (Phi) is 3.97. The number of halogens is 1. The van der Waals surface area contributed by atoms with E-state index < -0.39 is 4.92 Å². The second-order valence-electron chi connectivity index (χ2n) is 4.35. The third-order valence-electron chi connectivity index (χ3n) is 2.98. The van der Waals surface area contributed by atoms with Crippen molar-refractivity contribution in [2.75, 3.05) is 24.3 Å². The molecule has 0 aliphatic heterocycles. The molecule has 1 aromatic carbocycles. The number of nitro groups is 1. The summed E-state index contributed by atoms with van der Waals surface area (Å²) in [6, 6.07) is 5.61. The summed E-state index contributed by atoms with van der Waals surface area (Å²) >= 11 is 0. The maximum Gasteiger partial charge on any atom is 0.333 e. The Balaban J connectivity index is 2.57. The standard InChI is InChI=1S/C13H14FN5O2/c1-8-11(19(20)21)12(17-13(15-2)16-8)18(3)10-6-4-9(14)5-7-10/h4-7H,1-3H3,(H,15,16,17). The fraction of sp³-hybridized carbons (Fsp3) is 0.231. The van der Waals surface area contributed by atoms with Crippen molar-refractivity contribution in [3.8, 4) is 0 Å². The van der Waals surface area contributed by atoms with Gasteiger partial charge in [0.1, 0.15) is 11.5 Å². The topological polar surface area (TPSA) is 84.2 Å². The molecule has 0 atom stereocenters. The lowest BCUT2D eigenvalue weighted by atomic mass is 10.2. The molecule has 0 radical (unpaired) electrons. The van der Waals surface area contributed by atoms with E-state index in [-0.39, 0.29) is 29.0 Å². The van der Waals surface area contributed by atoms with Crippen molar-refractivity contribution in [3.05, 3.63) is 45.9 Å². The van der Waals surface area contributed by atoms with E-state index in [1.807, 2.05) is 0 Å². The molecule has 1 N–H and O–H groups in total. The fourth-order valence-electron chi connectivity index (χ4n) is 1.90. The summed E-state index contributed by atoms with van der Waals surface area (Å²) in [5.41, 5.74) is 0.656. The lowest BCUT2D eigenvalue weighted by molar-refractivity contribution is -0.385. The maximum absolute atomic E-state index is 13.0. The first-order valence-electron chi connectivity index (χ1n) is 6.14. The zero-order valence-corrected chi connectivity index (χ0v) is 11.8. The van der Waals surface area contributed by atoms with Crippen LogP contribution in [0.2, 0.25) is 0 Å². The SMILES string of the molecule is CNc1nc(C)c([N+](=O)[O-])c(N(C)c2ccc(F)cc2)n1. The monoisotopic (exact) mass is 291 g/mol. The molecule has 0 aliphatic carbocycles. The van der Waals surface area contributed by atoms with Crippen LogP contribution in [0.1, 0.15) is 5.69 Å². The second kappa shape index (κ2) is 5.70. The van der Waals surface area contributed by atoms with Gasteiger partial charge in [-0.1, -0.05) is 0 Å². The molecule has 0 amide bonds. The van der Waals surface area contributed by atoms with E-state index in [4.69, 9.17) is 0 Å². The van der Waals surface area contributed by atoms with Gasteiger partial charge in [-0.3, -0.25) is 10.1 Å². The first-order chi connectivity index (χ1) is 9.93. The van der Waals surface area contributed by atoms with E-state index in [0.717, 1.165) is 0 Å². The molecule has 7 nitrogen and oxygen atoms in total. The number of rotatable bonds is 4. The lowest BCUT2D eigenvalue weighted by Gasteiger charge is -2.19. The number of anilines is 3. The number of benzene rings is 1. The van der Waals surface area contributed by atoms with Gasteiger partial charge in [0, 0.05) is 19.8 Å². The van der Waals surface area contributed by atoms with Gasteiger partial charge in [0.15, 0.2) is 0 Å². The highest BCUT2D eigenvalue weighted by atomic mass is 19.1.